The van der Waals surface area contributed by atoms with Crippen molar-refractivity contribution in [1.82, 2.24) is 14.6 Å². The summed E-state index contributed by atoms with van der Waals surface area (Å²) >= 11 is 0. The number of fused-ring (bicyclic) bond motifs is 1. The van der Waals surface area contributed by atoms with Crippen molar-refractivity contribution >= 4 is 11.3 Å². The Kier molecular flexibility index (Phi) is 5.25. The minimum Gasteiger partial charge on any atom is -0.497 e. The van der Waals surface area contributed by atoms with Gasteiger partial charge < -0.3 is 10.1 Å². The van der Waals surface area contributed by atoms with Crippen LogP contribution in [0, 0.1) is 5.82 Å². The van der Waals surface area contributed by atoms with Gasteiger partial charge in [0, 0.05) is 30.1 Å². The highest BCUT2D eigenvalue weighted by atomic mass is 19.1. The Hall–Kier alpha value is -4.19. The van der Waals surface area contributed by atoms with E-state index in [1.807, 2.05) is 65.3 Å². The van der Waals surface area contributed by atoms with Crippen LogP contribution in [0.2, 0.25) is 0 Å². The molecular weight excluding hydrogens is 403 g/mol. The molecule has 0 aliphatic carbocycles. The van der Waals surface area contributed by atoms with Crippen LogP contribution in [0.15, 0.2) is 91.3 Å². The molecule has 0 aliphatic rings. The van der Waals surface area contributed by atoms with Gasteiger partial charge in [0.05, 0.1) is 12.6 Å². The number of anilines is 1. The van der Waals surface area contributed by atoms with Crippen molar-refractivity contribution in [3.8, 4) is 28.1 Å². The molecule has 158 valence electrons. The Bertz CT molecular complexity index is 1360. The molecule has 6 heteroatoms. The summed E-state index contributed by atoms with van der Waals surface area (Å²) in [6.07, 6.45) is 3.70. The predicted molar refractivity (Wildman–Crippen MR) is 124 cm³/mol. The van der Waals surface area contributed by atoms with E-state index in [0.717, 1.165) is 45.0 Å². The van der Waals surface area contributed by atoms with Crippen molar-refractivity contribution in [2.24, 2.45) is 0 Å². The SMILES string of the molecule is COc1ccc(CNc2cc(-c3c(-c4ccc(F)cc4)nn4ccccc34)ccn2)cc1. The van der Waals surface area contributed by atoms with E-state index in [4.69, 9.17) is 9.84 Å². The number of hydrogen-bond donors (Lipinski definition) is 1. The average molecular weight is 424 g/mol. The molecule has 5 nitrogen and oxygen atoms in total. The molecule has 0 unspecified atom stereocenters. The molecule has 0 saturated carbocycles. The van der Waals surface area contributed by atoms with Gasteiger partial charge in [0.1, 0.15) is 23.1 Å². The summed E-state index contributed by atoms with van der Waals surface area (Å²) < 4.78 is 20.6. The molecule has 5 rings (SSSR count). The number of methoxy groups -OCH3 is 1. The summed E-state index contributed by atoms with van der Waals surface area (Å²) in [6, 6.07) is 24.3. The first-order chi connectivity index (χ1) is 15.7. The van der Waals surface area contributed by atoms with Gasteiger partial charge in [0.2, 0.25) is 0 Å². The quantitative estimate of drug-likeness (QED) is 0.373. The highest BCUT2D eigenvalue weighted by Gasteiger charge is 2.17. The third-order valence-corrected chi connectivity index (χ3v) is 5.34. The third kappa shape index (κ3) is 3.90. The van der Waals surface area contributed by atoms with Crippen LogP contribution < -0.4 is 10.1 Å². The van der Waals surface area contributed by atoms with Crippen LogP contribution in [0.25, 0.3) is 27.9 Å². The molecule has 3 aromatic heterocycles. The van der Waals surface area contributed by atoms with Crippen molar-refractivity contribution in [3.63, 3.8) is 0 Å². The molecule has 0 atom stereocenters. The highest BCUT2D eigenvalue weighted by molar-refractivity contribution is 5.92. The van der Waals surface area contributed by atoms with E-state index in [-0.39, 0.29) is 5.82 Å². The van der Waals surface area contributed by atoms with E-state index >= 15 is 0 Å². The molecule has 0 amide bonds. The van der Waals surface area contributed by atoms with Crippen LogP contribution in [-0.4, -0.2) is 21.7 Å². The Morgan fingerprint density at radius 2 is 1.75 bits per heavy atom. The van der Waals surface area contributed by atoms with Crippen molar-refractivity contribution in [2.75, 3.05) is 12.4 Å². The number of halogens is 1. The molecule has 2 aromatic carbocycles. The number of aromatic nitrogens is 3. The minimum atomic E-state index is -0.270. The topological polar surface area (TPSA) is 51.5 Å². The maximum Gasteiger partial charge on any atom is 0.126 e. The first-order valence-electron chi connectivity index (χ1n) is 10.3. The Morgan fingerprint density at radius 3 is 2.53 bits per heavy atom. The lowest BCUT2D eigenvalue weighted by Crippen LogP contribution is -2.01. The number of benzene rings is 2. The maximum absolute atomic E-state index is 13.5. The molecule has 5 aromatic rings. The molecule has 0 radical (unpaired) electrons. The summed E-state index contributed by atoms with van der Waals surface area (Å²) in [7, 11) is 1.66. The summed E-state index contributed by atoms with van der Waals surface area (Å²) in [5.74, 6) is 1.32. The molecular formula is C26H21FN4O. The number of pyridine rings is 2. The first kappa shape index (κ1) is 19.8. The van der Waals surface area contributed by atoms with E-state index in [2.05, 4.69) is 10.3 Å². The van der Waals surface area contributed by atoms with Crippen LogP contribution in [0.4, 0.5) is 10.2 Å². The third-order valence-electron chi connectivity index (χ3n) is 5.34. The van der Waals surface area contributed by atoms with Crippen LogP contribution in [-0.2, 0) is 6.54 Å². The van der Waals surface area contributed by atoms with E-state index in [0.29, 0.717) is 6.54 Å². The van der Waals surface area contributed by atoms with Crippen molar-refractivity contribution in [3.05, 3.63) is 103 Å². The van der Waals surface area contributed by atoms with Crippen molar-refractivity contribution in [1.29, 1.82) is 0 Å². The lowest BCUT2D eigenvalue weighted by atomic mass is 10.0. The zero-order valence-electron chi connectivity index (χ0n) is 17.5. The lowest BCUT2D eigenvalue weighted by molar-refractivity contribution is 0.414. The molecule has 0 saturated heterocycles. The largest absolute Gasteiger partial charge is 0.497 e. The molecule has 0 spiro atoms. The molecule has 3 heterocycles. The molecule has 1 N–H and O–H groups in total. The molecule has 0 bridgehead atoms. The van der Waals surface area contributed by atoms with Gasteiger partial charge in [-0.2, -0.15) is 5.10 Å². The van der Waals surface area contributed by atoms with E-state index < -0.39 is 0 Å². The van der Waals surface area contributed by atoms with Gasteiger partial charge >= 0.3 is 0 Å². The monoisotopic (exact) mass is 424 g/mol. The van der Waals surface area contributed by atoms with Crippen LogP contribution in [0.3, 0.4) is 0 Å². The Labute approximate surface area is 185 Å². The molecule has 0 aliphatic heterocycles. The van der Waals surface area contributed by atoms with Crippen LogP contribution >= 0.6 is 0 Å². The number of ether oxygens (including phenoxy) is 1. The van der Waals surface area contributed by atoms with Gasteiger partial charge in [-0.15, -0.1) is 0 Å². The summed E-state index contributed by atoms with van der Waals surface area (Å²) in [5, 5.41) is 8.16. The van der Waals surface area contributed by atoms with Gasteiger partial charge in [-0.05, 0) is 71.8 Å². The fourth-order valence-corrected chi connectivity index (χ4v) is 3.71. The van der Waals surface area contributed by atoms with Gasteiger partial charge in [0.15, 0.2) is 0 Å². The number of hydrogen-bond acceptors (Lipinski definition) is 4. The van der Waals surface area contributed by atoms with Gasteiger partial charge in [0.25, 0.3) is 0 Å². The Balaban J connectivity index is 1.51. The highest BCUT2D eigenvalue weighted by Crippen LogP contribution is 2.35. The van der Waals surface area contributed by atoms with Crippen molar-refractivity contribution in [2.45, 2.75) is 6.54 Å². The van der Waals surface area contributed by atoms with Gasteiger partial charge in [-0.1, -0.05) is 18.2 Å². The van der Waals surface area contributed by atoms with Crippen molar-refractivity contribution < 1.29 is 9.13 Å². The summed E-state index contributed by atoms with van der Waals surface area (Å²) in [5.41, 5.74) is 5.71. The number of nitrogens with one attached hydrogen (secondary N) is 1. The fraction of sp³-hybridized carbons (Fsp3) is 0.0769. The number of rotatable bonds is 6. The second kappa shape index (κ2) is 8.51. The zero-order chi connectivity index (χ0) is 21.9. The fourth-order valence-electron chi connectivity index (χ4n) is 3.71. The number of nitrogens with zero attached hydrogens (tertiary/aromatic N) is 3. The van der Waals surface area contributed by atoms with Crippen LogP contribution in [0.1, 0.15) is 5.56 Å². The Morgan fingerprint density at radius 1 is 0.938 bits per heavy atom. The normalized spacial score (nSPS) is 10.9. The van der Waals surface area contributed by atoms with E-state index in [1.165, 1.54) is 12.1 Å². The molecule has 0 fully saturated rings. The summed E-state index contributed by atoms with van der Waals surface area (Å²) in [4.78, 5) is 4.48. The lowest BCUT2D eigenvalue weighted by Gasteiger charge is -2.09. The van der Waals surface area contributed by atoms with E-state index in [9.17, 15) is 4.39 Å². The first-order valence-corrected chi connectivity index (χ1v) is 10.3. The minimum absolute atomic E-state index is 0.270. The average Bonchev–Trinajstić information content (AvgIpc) is 3.23. The van der Waals surface area contributed by atoms with E-state index in [1.54, 1.807) is 25.4 Å². The summed E-state index contributed by atoms with van der Waals surface area (Å²) in [6.45, 7) is 0.639. The maximum atomic E-state index is 13.5. The predicted octanol–water partition coefficient (Wildman–Crippen LogP) is 5.82. The van der Waals surface area contributed by atoms with Gasteiger partial charge in [-0.3, -0.25) is 0 Å². The van der Waals surface area contributed by atoms with Crippen LogP contribution in [0.5, 0.6) is 5.75 Å². The second-order valence-corrected chi connectivity index (χ2v) is 7.39. The van der Waals surface area contributed by atoms with Gasteiger partial charge in [-0.25, -0.2) is 13.9 Å². The zero-order valence-corrected chi connectivity index (χ0v) is 17.5. The molecule has 32 heavy (non-hydrogen) atoms. The standard InChI is InChI=1S/C26H21FN4O/c1-32-22-11-5-18(6-12-22)17-29-24-16-20(13-14-28-24)25-23-4-2-3-15-31(23)30-26(25)19-7-9-21(27)10-8-19/h2-16H,17H2,1H3,(H,28,29). The smallest absolute Gasteiger partial charge is 0.126 e. The second-order valence-electron chi connectivity index (χ2n) is 7.39.